The highest BCUT2D eigenvalue weighted by Crippen LogP contribution is 2.32. The van der Waals surface area contributed by atoms with Crippen LogP contribution in [0.4, 0.5) is 0 Å². The Balaban J connectivity index is 1.35. The summed E-state index contributed by atoms with van der Waals surface area (Å²) in [4.78, 5) is 12.0. The molecule has 2 aromatic carbocycles. The van der Waals surface area contributed by atoms with E-state index in [2.05, 4.69) is 5.32 Å². The lowest BCUT2D eigenvalue weighted by Crippen LogP contribution is -2.26. The molecule has 3 aromatic rings. The fourth-order valence-electron chi connectivity index (χ4n) is 3.07. The number of aryl methyl sites for hydroxylation is 1. The number of nitrogens with one attached hydrogen (secondary N) is 1. The Kier molecular flexibility index (Phi) is 4.56. The van der Waals surface area contributed by atoms with Crippen LogP contribution in [0.2, 0.25) is 0 Å². The molecule has 1 aliphatic rings. The zero-order valence-electron chi connectivity index (χ0n) is 14.9. The second-order valence-corrected chi connectivity index (χ2v) is 6.45. The second kappa shape index (κ2) is 7.17. The molecule has 1 atom stereocenters. The van der Waals surface area contributed by atoms with Gasteiger partial charge in [-0.25, -0.2) is 0 Å². The number of amides is 1. The van der Waals surface area contributed by atoms with Gasteiger partial charge in [-0.1, -0.05) is 12.1 Å². The van der Waals surface area contributed by atoms with Gasteiger partial charge in [0, 0.05) is 31.4 Å². The molecule has 0 radical (unpaired) electrons. The lowest BCUT2D eigenvalue weighted by Gasteiger charge is -2.12. The zero-order valence-corrected chi connectivity index (χ0v) is 14.9. The first kappa shape index (κ1) is 17.2. The number of fused-ring (bicyclic) bond motifs is 2. The normalized spacial score (nSPS) is 14.0. The number of aliphatic hydroxyl groups is 1. The van der Waals surface area contributed by atoms with E-state index >= 15 is 0 Å². The number of rotatable bonds is 5. The number of hydrogen-bond donors (Lipinski definition) is 2. The number of nitrogens with zero attached hydrogens (tertiary/aromatic N) is 1. The van der Waals surface area contributed by atoms with Gasteiger partial charge in [0.2, 0.25) is 12.7 Å². The van der Waals surface area contributed by atoms with Gasteiger partial charge in [0.1, 0.15) is 0 Å². The lowest BCUT2D eigenvalue weighted by molar-refractivity contribution is -0.116. The minimum atomic E-state index is -0.766. The summed E-state index contributed by atoms with van der Waals surface area (Å²) in [6.45, 7) is 0.359. The molecule has 2 N–H and O–H groups in total. The van der Waals surface area contributed by atoms with Gasteiger partial charge in [0.05, 0.1) is 6.10 Å². The fourth-order valence-corrected chi connectivity index (χ4v) is 3.07. The Morgan fingerprint density at radius 2 is 2.07 bits per heavy atom. The van der Waals surface area contributed by atoms with Gasteiger partial charge >= 0.3 is 0 Å². The molecule has 1 aliphatic heterocycles. The van der Waals surface area contributed by atoms with E-state index in [9.17, 15) is 9.90 Å². The molecule has 0 fully saturated rings. The predicted octanol–water partition coefficient (Wildman–Crippen LogP) is 2.77. The number of hydrogen-bond acceptors (Lipinski definition) is 4. The number of benzene rings is 2. The summed E-state index contributed by atoms with van der Waals surface area (Å²) in [7, 11) is 1.98. The van der Waals surface area contributed by atoms with Crippen molar-refractivity contribution < 1.29 is 19.4 Å². The number of carbonyl (C=O) groups is 1. The Labute approximate surface area is 156 Å². The first-order chi connectivity index (χ1) is 13.1. The van der Waals surface area contributed by atoms with Crippen molar-refractivity contribution in [3.63, 3.8) is 0 Å². The summed E-state index contributed by atoms with van der Waals surface area (Å²) >= 11 is 0. The molecule has 138 valence electrons. The lowest BCUT2D eigenvalue weighted by atomic mass is 10.1. The molecule has 4 rings (SSSR count). The molecule has 0 unspecified atom stereocenters. The monoisotopic (exact) mass is 364 g/mol. The van der Waals surface area contributed by atoms with E-state index in [1.54, 1.807) is 6.08 Å². The minimum Gasteiger partial charge on any atom is -0.454 e. The molecule has 0 bridgehead atoms. The van der Waals surface area contributed by atoms with Crippen LogP contribution in [0, 0.1) is 0 Å². The summed E-state index contributed by atoms with van der Waals surface area (Å²) in [6.07, 6.45) is 4.34. The average molecular weight is 364 g/mol. The van der Waals surface area contributed by atoms with Gasteiger partial charge in [-0.05, 0) is 52.9 Å². The largest absolute Gasteiger partial charge is 0.454 e. The van der Waals surface area contributed by atoms with Crippen LogP contribution in [0.5, 0.6) is 11.5 Å². The molecule has 1 aromatic heterocycles. The van der Waals surface area contributed by atoms with Crippen LogP contribution >= 0.6 is 0 Å². The summed E-state index contributed by atoms with van der Waals surface area (Å²) in [5, 5.41) is 14.1. The average Bonchev–Trinajstić information content (AvgIpc) is 3.30. The first-order valence-electron chi connectivity index (χ1n) is 8.69. The zero-order chi connectivity index (χ0) is 18.8. The first-order valence-corrected chi connectivity index (χ1v) is 8.69. The van der Waals surface area contributed by atoms with Crippen molar-refractivity contribution in [1.29, 1.82) is 0 Å². The Morgan fingerprint density at radius 3 is 2.96 bits per heavy atom. The molecule has 1 amide bonds. The van der Waals surface area contributed by atoms with E-state index in [0.717, 1.165) is 22.0 Å². The van der Waals surface area contributed by atoms with Gasteiger partial charge in [0.15, 0.2) is 11.5 Å². The SMILES string of the molecule is Cn1ccc2cc([C@H](O)CNC(=O)/C=C/c3ccc4c(c3)OCO4)ccc21. The quantitative estimate of drug-likeness (QED) is 0.683. The smallest absolute Gasteiger partial charge is 0.244 e. The molecule has 6 heteroatoms. The van der Waals surface area contributed by atoms with E-state index in [1.807, 2.05) is 60.3 Å². The van der Waals surface area contributed by atoms with E-state index in [4.69, 9.17) is 9.47 Å². The maximum atomic E-state index is 12.0. The topological polar surface area (TPSA) is 72.7 Å². The van der Waals surface area contributed by atoms with Crippen molar-refractivity contribution >= 4 is 22.9 Å². The highest BCUT2D eigenvalue weighted by atomic mass is 16.7. The molecule has 2 heterocycles. The maximum Gasteiger partial charge on any atom is 0.244 e. The Morgan fingerprint density at radius 1 is 1.22 bits per heavy atom. The van der Waals surface area contributed by atoms with Gasteiger partial charge in [-0.3, -0.25) is 4.79 Å². The van der Waals surface area contributed by atoms with Crippen LogP contribution in [-0.4, -0.2) is 28.9 Å². The van der Waals surface area contributed by atoms with Crippen LogP contribution < -0.4 is 14.8 Å². The summed E-state index contributed by atoms with van der Waals surface area (Å²) < 4.78 is 12.6. The number of ether oxygens (including phenoxy) is 2. The summed E-state index contributed by atoms with van der Waals surface area (Å²) in [6, 6.07) is 13.3. The number of carbonyl (C=O) groups excluding carboxylic acids is 1. The fraction of sp³-hybridized carbons (Fsp3) is 0.190. The Bertz CT molecular complexity index is 1020. The van der Waals surface area contributed by atoms with Crippen LogP contribution in [-0.2, 0) is 11.8 Å². The standard InChI is InChI=1S/C21H20N2O4/c1-23-9-8-15-11-16(4-5-17(15)23)18(24)12-22-21(25)7-3-14-2-6-19-20(10-14)27-13-26-19/h2-11,18,24H,12-13H2,1H3,(H,22,25)/b7-3+/t18-/m1/s1. The number of aliphatic hydroxyl groups excluding tert-OH is 1. The van der Waals surface area contributed by atoms with Crippen molar-refractivity contribution in [2.75, 3.05) is 13.3 Å². The molecule has 0 spiro atoms. The highest BCUT2D eigenvalue weighted by molar-refractivity contribution is 5.91. The maximum absolute atomic E-state index is 12.0. The van der Waals surface area contributed by atoms with E-state index in [-0.39, 0.29) is 19.2 Å². The summed E-state index contributed by atoms with van der Waals surface area (Å²) in [5.74, 6) is 1.10. The molecular formula is C21H20N2O4. The minimum absolute atomic E-state index is 0.142. The van der Waals surface area contributed by atoms with Crippen molar-refractivity contribution in [3.05, 3.63) is 65.9 Å². The van der Waals surface area contributed by atoms with Crippen molar-refractivity contribution in [3.8, 4) is 11.5 Å². The van der Waals surface area contributed by atoms with Crippen LogP contribution in [0.3, 0.4) is 0 Å². The molecule has 0 saturated carbocycles. The van der Waals surface area contributed by atoms with Crippen molar-refractivity contribution in [2.24, 2.45) is 7.05 Å². The van der Waals surface area contributed by atoms with Gasteiger partial charge in [-0.15, -0.1) is 0 Å². The van der Waals surface area contributed by atoms with Crippen molar-refractivity contribution in [2.45, 2.75) is 6.10 Å². The van der Waals surface area contributed by atoms with Gasteiger partial charge in [0.25, 0.3) is 0 Å². The Hall–Kier alpha value is -3.25. The van der Waals surface area contributed by atoms with Crippen LogP contribution in [0.1, 0.15) is 17.2 Å². The third kappa shape index (κ3) is 3.66. The van der Waals surface area contributed by atoms with E-state index in [1.165, 1.54) is 6.08 Å². The van der Waals surface area contributed by atoms with E-state index in [0.29, 0.717) is 11.5 Å². The molecule has 0 aliphatic carbocycles. The second-order valence-electron chi connectivity index (χ2n) is 6.45. The summed E-state index contributed by atoms with van der Waals surface area (Å²) in [5.41, 5.74) is 2.71. The van der Waals surface area contributed by atoms with Crippen LogP contribution in [0.25, 0.3) is 17.0 Å². The van der Waals surface area contributed by atoms with E-state index < -0.39 is 6.10 Å². The third-order valence-electron chi connectivity index (χ3n) is 4.59. The van der Waals surface area contributed by atoms with Gasteiger partial charge in [-0.2, -0.15) is 0 Å². The molecular weight excluding hydrogens is 344 g/mol. The molecule has 27 heavy (non-hydrogen) atoms. The predicted molar refractivity (Wildman–Crippen MR) is 102 cm³/mol. The van der Waals surface area contributed by atoms with Crippen molar-refractivity contribution in [1.82, 2.24) is 9.88 Å². The third-order valence-corrected chi connectivity index (χ3v) is 4.59. The van der Waals surface area contributed by atoms with Gasteiger partial charge < -0.3 is 24.5 Å². The molecule has 0 saturated heterocycles. The van der Waals surface area contributed by atoms with Crippen LogP contribution in [0.15, 0.2) is 54.7 Å². The number of aromatic nitrogens is 1. The molecule has 6 nitrogen and oxygen atoms in total. The highest BCUT2D eigenvalue weighted by Gasteiger charge is 2.13.